The molecule has 2 aromatic rings. The lowest BCUT2D eigenvalue weighted by Gasteiger charge is -2.04. The molecule has 0 radical (unpaired) electrons. The molecule has 0 aliphatic carbocycles. The van der Waals surface area contributed by atoms with Crippen LogP contribution < -0.4 is 4.74 Å². The summed E-state index contributed by atoms with van der Waals surface area (Å²) in [5.41, 5.74) is 1.58. The van der Waals surface area contributed by atoms with Crippen molar-refractivity contribution in [1.82, 2.24) is 9.78 Å². The molecule has 0 saturated carbocycles. The first kappa shape index (κ1) is 17.0. The van der Waals surface area contributed by atoms with Crippen molar-refractivity contribution in [2.24, 2.45) is 0 Å². The molecule has 1 heterocycles. The molecule has 4 nitrogen and oxygen atoms in total. The van der Waals surface area contributed by atoms with Crippen LogP contribution in [0.25, 0.3) is 6.08 Å². The molecule has 0 fully saturated rings. The summed E-state index contributed by atoms with van der Waals surface area (Å²) >= 11 is 0. The number of benzene rings is 1. The number of hydrogen-bond donors (Lipinski definition) is 0. The van der Waals surface area contributed by atoms with Crippen molar-refractivity contribution < 1.29 is 9.53 Å². The van der Waals surface area contributed by atoms with Gasteiger partial charge in [0.25, 0.3) is 0 Å². The lowest BCUT2D eigenvalue weighted by atomic mass is 10.1. The van der Waals surface area contributed by atoms with E-state index in [2.05, 4.69) is 12.0 Å². The van der Waals surface area contributed by atoms with Gasteiger partial charge in [0.2, 0.25) is 0 Å². The fraction of sp³-hybridized carbons (Fsp3) is 0.368. The van der Waals surface area contributed by atoms with Crippen LogP contribution in [0.2, 0.25) is 0 Å². The summed E-state index contributed by atoms with van der Waals surface area (Å²) in [7, 11) is 0. The van der Waals surface area contributed by atoms with Crippen LogP contribution in [0.5, 0.6) is 5.75 Å². The number of aromatic nitrogens is 2. The monoisotopic (exact) mass is 312 g/mol. The van der Waals surface area contributed by atoms with Crippen LogP contribution in [-0.4, -0.2) is 22.2 Å². The fourth-order valence-electron chi connectivity index (χ4n) is 2.03. The second-order valence-electron chi connectivity index (χ2n) is 5.77. The quantitative estimate of drug-likeness (QED) is 0.408. The van der Waals surface area contributed by atoms with Gasteiger partial charge in [0, 0.05) is 12.2 Å². The second-order valence-corrected chi connectivity index (χ2v) is 5.77. The number of allylic oxidation sites excluding steroid dienone is 1. The lowest BCUT2D eigenvalue weighted by molar-refractivity contribution is 0.104. The first-order valence-corrected chi connectivity index (χ1v) is 8.09. The van der Waals surface area contributed by atoms with Gasteiger partial charge in [0.05, 0.1) is 18.4 Å². The molecular formula is C19H24N2O2. The number of ketones is 1. The highest BCUT2D eigenvalue weighted by Crippen LogP contribution is 2.14. The highest BCUT2D eigenvalue weighted by Gasteiger charge is 2.07. The van der Waals surface area contributed by atoms with Crippen molar-refractivity contribution in [3.05, 3.63) is 53.9 Å². The molecule has 0 aliphatic rings. The minimum absolute atomic E-state index is 0.0415. The van der Waals surface area contributed by atoms with Crippen LogP contribution in [0.1, 0.15) is 55.6 Å². The molecule has 0 atom stereocenters. The van der Waals surface area contributed by atoms with E-state index in [0.717, 1.165) is 30.8 Å². The van der Waals surface area contributed by atoms with Crippen molar-refractivity contribution in [3.8, 4) is 5.75 Å². The molecule has 23 heavy (non-hydrogen) atoms. The Morgan fingerprint density at radius 2 is 2.04 bits per heavy atom. The van der Waals surface area contributed by atoms with Gasteiger partial charge in [-0.25, -0.2) is 0 Å². The topological polar surface area (TPSA) is 44.1 Å². The Balaban J connectivity index is 1.94. The molecule has 1 aromatic heterocycles. The van der Waals surface area contributed by atoms with Crippen LogP contribution in [0.3, 0.4) is 0 Å². The molecule has 0 bridgehead atoms. The van der Waals surface area contributed by atoms with E-state index in [4.69, 9.17) is 4.74 Å². The van der Waals surface area contributed by atoms with Crippen LogP contribution in [-0.2, 0) is 0 Å². The number of carbonyl (C=O) groups excluding carboxylic acids is 1. The first-order valence-electron chi connectivity index (χ1n) is 8.09. The van der Waals surface area contributed by atoms with Crippen LogP contribution in [0, 0.1) is 0 Å². The van der Waals surface area contributed by atoms with Gasteiger partial charge in [-0.05, 0) is 44.0 Å². The zero-order valence-corrected chi connectivity index (χ0v) is 14.0. The summed E-state index contributed by atoms with van der Waals surface area (Å²) in [4.78, 5) is 12.1. The minimum atomic E-state index is -0.0415. The van der Waals surface area contributed by atoms with E-state index in [-0.39, 0.29) is 11.8 Å². The van der Waals surface area contributed by atoms with Crippen molar-refractivity contribution >= 4 is 11.9 Å². The van der Waals surface area contributed by atoms with E-state index in [9.17, 15) is 4.79 Å². The normalized spacial score (nSPS) is 11.3. The smallest absolute Gasteiger partial charge is 0.189 e. The maximum absolute atomic E-state index is 12.1. The van der Waals surface area contributed by atoms with Gasteiger partial charge in [-0.2, -0.15) is 5.10 Å². The SMILES string of the molecule is CCCCOc1ccc(C=CC(=O)c2cnn(C(C)C)c2)cc1. The van der Waals surface area contributed by atoms with Gasteiger partial charge in [-0.3, -0.25) is 9.48 Å². The van der Waals surface area contributed by atoms with Crippen LogP contribution in [0.4, 0.5) is 0 Å². The number of nitrogens with zero attached hydrogens (tertiary/aromatic N) is 2. The highest BCUT2D eigenvalue weighted by molar-refractivity contribution is 6.06. The number of ether oxygens (including phenoxy) is 1. The molecule has 0 saturated heterocycles. The zero-order chi connectivity index (χ0) is 16.7. The van der Waals surface area contributed by atoms with Crippen molar-refractivity contribution in [2.75, 3.05) is 6.61 Å². The predicted octanol–water partition coefficient (Wildman–Crippen LogP) is 4.54. The van der Waals surface area contributed by atoms with E-state index in [1.807, 2.05) is 44.2 Å². The Labute approximate surface area is 137 Å². The minimum Gasteiger partial charge on any atom is -0.494 e. The van der Waals surface area contributed by atoms with Crippen molar-refractivity contribution in [2.45, 2.75) is 39.7 Å². The Morgan fingerprint density at radius 3 is 2.65 bits per heavy atom. The summed E-state index contributed by atoms with van der Waals surface area (Å²) in [6.07, 6.45) is 8.95. The maximum Gasteiger partial charge on any atom is 0.189 e. The summed E-state index contributed by atoms with van der Waals surface area (Å²) < 4.78 is 7.40. The summed E-state index contributed by atoms with van der Waals surface area (Å²) in [6.45, 7) is 6.94. The standard InChI is InChI=1S/C19H24N2O2/c1-4-5-12-23-18-9-6-16(7-10-18)8-11-19(22)17-13-20-21(14-17)15(2)3/h6-11,13-15H,4-5,12H2,1-3H3. The number of unbranched alkanes of at least 4 members (excludes halogenated alkanes) is 1. The van der Waals surface area contributed by atoms with Gasteiger partial charge >= 0.3 is 0 Å². The maximum atomic E-state index is 12.1. The molecule has 0 aliphatic heterocycles. The fourth-order valence-corrected chi connectivity index (χ4v) is 2.03. The lowest BCUT2D eigenvalue weighted by Crippen LogP contribution is -2.00. The average Bonchev–Trinajstić information content (AvgIpc) is 3.04. The number of carbonyl (C=O) groups is 1. The van der Waals surface area contributed by atoms with Gasteiger partial charge in [-0.1, -0.05) is 31.6 Å². The van der Waals surface area contributed by atoms with E-state index < -0.39 is 0 Å². The molecule has 2 rings (SSSR count). The van der Waals surface area contributed by atoms with Crippen LogP contribution >= 0.6 is 0 Å². The van der Waals surface area contributed by atoms with E-state index in [1.165, 1.54) is 0 Å². The molecular weight excluding hydrogens is 288 g/mol. The second kappa shape index (κ2) is 8.32. The molecule has 0 N–H and O–H groups in total. The summed E-state index contributed by atoms with van der Waals surface area (Å²) in [5.74, 6) is 0.820. The zero-order valence-electron chi connectivity index (χ0n) is 14.0. The molecule has 122 valence electrons. The van der Waals surface area contributed by atoms with E-state index in [0.29, 0.717) is 5.56 Å². The molecule has 4 heteroatoms. The van der Waals surface area contributed by atoms with Crippen LogP contribution in [0.15, 0.2) is 42.7 Å². The summed E-state index contributed by atoms with van der Waals surface area (Å²) in [6, 6.07) is 8.00. The largest absolute Gasteiger partial charge is 0.494 e. The van der Waals surface area contributed by atoms with Crippen molar-refractivity contribution in [1.29, 1.82) is 0 Å². The van der Waals surface area contributed by atoms with Gasteiger partial charge in [0.1, 0.15) is 5.75 Å². The predicted molar refractivity (Wildman–Crippen MR) is 92.8 cm³/mol. The third kappa shape index (κ3) is 5.09. The highest BCUT2D eigenvalue weighted by atomic mass is 16.5. The molecule has 0 spiro atoms. The summed E-state index contributed by atoms with van der Waals surface area (Å²) in [5, 5.41) is 4.18. The van der Waals surface area contributed by atoms with Gasteiger partial charge in [-0.15, -0.1) is 0 Å². The first-order chi connectivity index (χ1) is 11.1. The van der Waals surface area contributed by atoms with E-state index in [1.54, 1.807) is 23.2 Å². The van der Waals surface area contributed by atoms with Gasteiger partial charge < -0.3 is 4.74 Å². The Morgan fingerprint density at radius 1 is 1.30 bits per heavy atom. The van der Waals surface area contributed by atoms with Gasteiger partial charge in [0.15, 0.2) is 5.78 Å². The average molecular weight is 312 g/mol. The molecule has 0 amide bonds. The third-order valence-corrected chi connectivity index (χ3v) is 3.49. The Hall–Kier alpha value is -2.36. The molecule has 0 unspecified atom stereocenters. The van der Waals surface area contributed by atoms with E-state index >= 15 is 0 Å². The Kier molecular flexibility index (Phi) is 6.15. The Bertz CT molecular complexity index is 654. The van der Waals surface area contributed by atoms with Crippen molar-refractivity contribution in [3.63, 3.8) is 0 Å². The number of rotatable bonds is 8. The third-order valence-electron chi connectivity index (χ3n) is 3.49. The molecule has 1 aromatic carbocycles. The number of hydrogen-bond acceptors (Lipinski definition) is 3.